The van der Waals surface area contributed by atoms with Crippen LogP contribution in [0.2, 0.25) is 0 Å². The summed E-state index contributed by atoms with van der Waals surface area (Å²) in [6.45, 7) is 18.9. The zero-order valence-corrected chi connectivity index (χ0v) is 24.0. The highest BCUT2D eigenvalue weighted by molar-refractivity contribution is 7.66. The number of hydrogen-bond donors (Lipinski definition) is 0. The van der Waals surface area contributed by atoms with E-state index in [4.69, 9.17) is 14.2 Å². The van der Waals surface area contributed by atoms with Gasteiger partial charge in [0, 0.05) is 17.7 Å². The summed E-state index contributed by atoms with van der Waals surface area (Å²) in [5.41, 5.74) is 2.90. The molecule has 2 aromatic carbocycles. The van der Waals surface area contributed by atoms with Crippen molar-refractivity contribution >= 4 is 19.4 Å². The second-order valence-corrected chi connectivity index (χ2v) is 11.8. The molecule has 35 heavy (non-hydrogen) atoms. The van der Waals surface area contributed by atoms with Gasteiger partial charge in [0.2, 0.25) is 0 Å². The average molecular weight is 501 g/mol. The van der Waals surface area contributed by atoms with E-state index in [-0.39, 0.29) is 14.1 Å². The van der Waals surface area contributed by atoms with Gasteiger partial charge in [0.05, 0.1) is 25.1 Å². The molecule has 0 radical (unpaired) electrons. The Morgan fingerprint density at radius 2 is 1.17 bits per heavy atom. The van der Waals surface area contributed by atoms with Crippen LogP contribution in [-0.4, -0.2) is 25.3 Å². The van der Waals surface area contributed by atoms with Gasteiger partial charge in [-0.05, 0) is 70.6 Å². The number of ether oxygens (including phenoxy) is 3. The van der Waals surface area contributed by atoms with Gasteiger partial charge < -0.3 is 14.2 Å². The Hall–Kier alpha value is -2.06. The molecule has 194 valence electrons. The highest BCUT2D eigenvalue weighted by atomic mass is 31.1. The number of aryl methyl sites for hydroxylation is 2. The molecule has 0 heterocycles. The molecule has 0 fully saturated rings. The quantitative estimate of drug-likeness (QED) is 0.235. The lowest BCUT2D eigenvalue weighted by molar-refractivity contribution is 0.108. The van der Waals surface area contributed by atoms with E-state index in [1.54, 1.807) is 0 Å². The predicted octanol–water partition coefficient (Wildman–Crippen LogP) is 7.72. The fourth-order valence-corrected chi connectivity index (χ4v) is 4.85. The molecule has 0 aliphatic heterocycles. The van der Waals surface area contributed by atoms with Crippen LogP contribution < -0.4 is 19.5 Å². The summed E-state index contributed by atoms with van der Waals surface area (Å²) in [6, 6.07) is 9.87. The molecule has 1 atom stereocenters. The monoisotopic (exact) mass is 500 g/mol. The summed E-state index contributed by atoms with van der Waals surface area (Å²) in [7, 11) is -0.0921. The largest absolute Gasteiger partial charge is 0.493 e. The summed E-state index contributed by atoms with van der Waals surface area (Å²) in [4.78, 5) is 13.5. The van der Waals surface area contributed by atoms with Crippen LogP contribution in [0.3, 0.4) is 0 Å². The minimum absolute atomic E-state index is 0.0921. The van der Waals surface area contributed by atoms with Crippen LogP contribution in [0.5, 0.6) is 17.2 Å². The average Bonchev–Trinajstić information content (AvgIpc) is 2.75. The zero-order valence-electron chi connectivity index (χ0n) is 23.0. The number of carbonyl (C=O) groups excluding carboxylic acids is 1. The van der Waals surface area contributed by atoms with Crippen molar-refractivity contribution in [2.24, 2.45) is 17.8 Å². The second kappa shape index (κ2) is 14.5. The molecule has 5 heteroatoms. The van der Waals surface area contributed by atoms with Gasteiger partial charge in [-0.1, -0.05) is 59.7 Å². The van der Waals surface area contributed by atoms with Crippen LogP contribution in [0, 0.1) is 31.6 Å². The molecule has 0 N–H and O–H groups in total. The molecule has 0 spiro atoms. The Kier molecular flexibility index (Phi) is 12.1. The maximum Gasteiger partial charge on any atom is 0.186 e. The maximum absolute atomic E-state index is 13.5. The Balaban J connectivity index is 2.44. The van der Waals surface area contributed by atoms with Crippen molar-refractivity contribution < 1.29 is 19.0 Å². The smallest absolute Gasteiger partial charge is 0.186 e. The van der Waals surface area contributed by atoms with Gasteiger partial charge in [-0.2, -0.15) is 0 Å². The Bertz CT molecular complexity index is 894. The third-order valence-corrected chi connectivity index (χ3v) is 7.08. The van der Waals surface area contributed by atoms with E-state index in [0.29, 0.717) is 49.1 Å². The topological polar surface area (TPSA) is 44.8 Å². The van der Waals surface area contributed by atoms with Crippen molar-refractivity contribution in [3.05, 3.63) is 47.0 Å². The van der Waals surface area contributed by atoms with E-state index in [0.717, 1.165) is 47.0 Å². The summed E-state index contributed by atoms with van der Waals surface area (Å²) < 4.78 is 18.6. The van der Waals surface area contributed by atoms with Crippen LogP contribution in [0.15, 0.2) is 30.3 Å². The first-order valence-corrected chi connectivity index (χ1v) is 14.0. The lowest BCUT2D eigenvalue weighted by Gasteiger charge is -2.20. The first-order chi connectivity index (χ1) is 16.6. The van der Waals surface area contributed by atoms with E-state index in [9.17, 15) is 4.79 Å². The van der Waals surface area contributed by atoms with Crippen LogP contribution >= 0.6 is 8.58 Å². The van der Waals surface area contributed by atoms with E-state index < -0.39 is 0 Å². The summed E-state index contributed by atoms with van der Waals surface area (Å²) in [5, 5.41) is 0.835. The lowest BCUT2D eigenvalue weighted by Crippen LogP contribution is -2.15. The van der Waals surface area contributed by atoms with Crippen molar-refractivity contribution in [1.29, 1.82) is 0 Å². The summed E-state index contributed by atoms with van der Waals surface area (Å²) in [6.07, 6.45) is 2.85. The van der Waals surface area contributed by atoms with Gasteiger partial charge in [0.25, 0.3) is 0 Å². The highest BCUT2D eigenvalue weighted by Gasteiger charge is 2.21. The number of rotatable bonds is 15. The van der Waals surface area contributed by atoms with E-state index in [1.807, 2.05) is 44.2 Å². The second-order valence-electron chi connectivity index (χ2n) is 10.6. The van der Waals surface area contributed by atoms with Crippen LogP contribution in [0.25, 0.3) is 0 Å². The molecule has 4 nitrogen and oxygen atoms in total. The van der Waals surface area contributed by atoms with Crippen LogP contribution in [-0.2, 0) is 0 Å². The highest BCUT2D eigenvalue weighted by Crippen LogP contribution is 2.36. The fourth-order valence-electron chi connectivity index (χ4n) is 3.57. The Morgan fingerprint density at radius 1 is 0.743 bits per heavy atom. The van der Waals surface area contributed by atoms with Crippen molar-refractivity contribution in [3.63, 3.8) is 0 Å². The molecule has 1 unspecified atom stereocenters. The Morgan fingerprint density at radius 3 is 1.60 bits per heavy atom. The molecule has 0 amide bonds. The molecular weight excluding hydrogens is 455 g/mol. The molecule has 0 aliphatic carbocycles. The normalized spacial score (nSPS) is 11.7. The van der Waals surface area contributed by atoms with Crippen molar-refractivity contribution in [2.75, 3.05) is 19.8 Å². The first-order valence-electron chi connectivity index (χ1n) is 13.0. The zero-order chi connectivity index (χ0) is 26.0. The molecule has 2 rings (SSSR count). The van der Waals surface area contributed by atoms with Crippen molar-refractivity contribution in [3.8, 4) is 17.2 Å². The van der Waals surface area contributed by atoms with Gasteiger partial charge in [-0.25, -0.2) is 0 Å². The minimum atomic E-state index is -0.0921. The van der Waals surface area contributed by atoms with Gasteiger partial charge in [-0.3, -0.25) is 4.79 Å². The molecule has 0 saturated heterocycles. The van der Waals surface area contributed by atoms with Crippen molar-refractivity contribution in [2.45, 2.75) is 74.7 Å². The maximum atomic E-state index is 13.5. The van der Waals surface area contributed by atoms with Crippen molar-refractivity contribution in [1.82, 2.24) is 0 Å². The number of carbonyl (C=O) groups is 1. The molecule has 0 bridgehead atoms. The molecule has 0 aromatic heterocycles. The number of benzene rings is 2. The summed E-state index contributed by atoms with van der Waals surface area (Å²) in [5.74, 6) is 3.76. The van der Waals surface area contributed by atoms with Gasteiger partial charge in [-0.15, -0.1) is 0 Å². The Labute approximate surface area is 214 Å². The predicted molar refractivity (Wildman–Crippen MR) is 149 cm³/mol. The van der Waals surface area contributed by atoms with Gasteiger partial charge in [0.15, 0.2) is 5.52 Å². The van der Waals surface area contributed by atoms with Crippen LogP contribution in [0.4, 0.5) is 0 Å². The first kappa shape index (κ1) is 29.2. The SMILES string of the molecule is Cc1cccc(C)c1C(=O)Pc1c(OCCC(C)C)cc(OCCC(C)C)cc1OCCC(C)C. The third kappa shape index (κ3) is 9.84. The number of hydrogen-bond acceptors (Lipinski definition) is 4. The third-order valence-electron chi connectivity index (χ3n) is 5.86. The molecule has 0 saturated carbocycles. The standard InChI is InChI=1S/C30H45O4P/c1-20(2)12-15-32-25-18-26(33-16-13-21(3)4)29(27(19-25)34-17-14-22(5)6)35-30(31)28-23(7)10-9-11-24(28)8/h9-11,18-22,35H,12-17H2,1-8H3. The van der Waals surface area contributed by atoms with E-state index in [2.05, 4.69) is 41.5 Å². The summed E-state index contributed by atoms with van der Waals surface area (Å²) >= 11 is 0. The van der Waals surface area contributed by atoms with Crippen LogP contribution in [0.1, 0.15) is 82.3 Å². The molecule has 2 aromatic rings. The van der Waals surface area contributed by atoms with Gasteiger partial charge >= 0.3 is 0 Å². The minimum Gasteiger partial charge on any atom is -0.493 e. The fraction of sp³-hybridized carbons (Fsp3) is 0.567. The molecule has 0 aliphatic rings. The van der Waals surface area contributed by atoms with E-state index in [1.165, 1.54) is 0 Å². The lowest BCUT2D eigenvalue weighted by atomic mass is 10.0. The van der Waals surface area contributed by atoms with E-state index >= 15 is 0 Å². The molecular formula is C30H45O4P. The van der Waals surface area contributed by atoms with Gasteiger partial charge in [0.1, 0.15) is 17.2 Å².